The van der Waals surface area contributed by atoms with E-state index >= 15 is 0 Å². The van der Waals surface area contributed by atoms with E-state index in [4.69, 9.17) is 0 Å². The summed E-state index contributed by atoms with van der Waals surface area (Å²) in [5.74, 6) is -0.182. The van der Waals surface area contributed by atoms with E-state index in [1.54, 1.807) is 26.0 Å². The molecule has 0 bridgehead atoms. The lowest BCUT2D eigenvalue weighted by molar-refractivity contribution is 0.0927. The van der Waals surface area contributed by atoms with Crippen molar-refractivity contribution in [2.75, 3.05) is 6.54 Å². The van der Waals surface area contributed by atoms with Gasteiger partial charge in [0.15, 0.2) is 0 Å². The number of hydrogen-bond acceptors (Lipinski definition) is 3. The molecular formula is C21H26N2O3S. The van der Waals surface area contributed by atoms with Crippen molar-refractivity contribution in [1.82, 2.24) is 10.0 Å². The van der Waals surface area contributed by atoms with Gasteiger partial charge in [-0.15, -0.1) is 0 Å². The van der Waals surface area contributed by atoms with Crippen molar-refractivity contribution in [2.45, 2.75) is 49.5 Å². The van der Waals surface area contributed by atoms with E-state index in [2.05, 4.69) is 22.2 Å². The van der Waals surface area contributed by atoms with E-state index in [0.717, 1.165) is 12.8 Å². The average Bonchev–Trinajstić information content (AvgIpc) is 2.60. The van der Waals surface area contributed by atoms with Gasteiger partial charge in [-0.2, -0.15) is 0 Å². The molecule has 0 saturated heterocycles. The summed E-state index contributed by atoms with van der Waals surface area (Å²) in [6, 6.07) is 16.2. The van der Waals surface area contributed by atoms with Crippen LogP contribution in [0.3, 0.4) is 0 Å². The fraction of sp³-hybridized carbons (Fsp3) is 0.381. The van der Waals surface area contributed by atoms with Gasteiger partial charge in [0.25, 0.3) is 5.91 Å². The van der Waals surface area contributed by atoms with E-state index < -0.39 is 10.0 Å². The van der Waals surface area contributed by atoms with Crippen LogP contribution in [0.5, 0.6) is 0 Å². The normalized spacial score (nSPS) is 16.0. The number of hydrogen-bond donors (Lipinski definition) is 2. The third kappa shape index (κ3) is 4.39. The second-order valence-electron chi connectivity index (χ2n) is 7.48. The Morgan fingerprint density at radius 2 is 1.67 bits per heavy atom. The Morgan fingerprint density at radius 1 is 1.04 bits per heavy atom. The minimum Gasteiger partial charge on any atom is -0.351 e. The number of rotatable bonds is 7. The third-order valence-corrected chi connectivity index (χ3v) is 6.78. The first-order chi connectivity index (χ1) is 12.8. The van der Waals surface area contributed by atoms with E-state index in [1.807, 2.05) is 18.2 Å². The van der Waals surface area contributed by atoms with E-state index in [0.29, 0.717) is 12.1 Å². The van der Waals surface area contributed by atoms with Crippen LogP contribution in [-0.2, 0) is 15.4 Å². The van der Waals surface area contributed by atoms with E-state index in [1.165, 1.54) is 24.1 Å². The molecule has 2 aromatic rings. The minimum atomic E-state index is -3.55. The van der Waals surface area contributed by atoms with Crippen LogP contribution in [0.15, 0.2) is 59.5 Å². The summed E-state index contributed by atoms with van der Waals surface area (Å²) in [7, 11) is -3.55. The van der Waals surface area contributed by atoms with Gasteiger partial charge in [0, 0.05) is 23.6 Å². The molecule has 5 nitrogen and oxygen atoms in total. The highest BCUT2D eigenvalue weighted by molar-refractivity contribution is 7.89. The SMILES string of the molecule is CC(C)NS(=O)(=O)c1ccc(C(=O)NCC2(c3ccccc3)CCC2)cc1. The Kier molecular flexibility index (Phi) is 5.67. The highest BCUT2D eigenvalue weighted by Gasteiger charge is 2.38. The van der Waals surface area contributed by atoms with Gasteiger partial charge < -0.3 is 5.32 Å². The molecule has 1 saturated carbocycles. The highest BCUT2D eigenvalue weighted by atomic mass is 32.2. The number of carbonyl (C=O) groups excluding carboxylic acids is 1. The summed E-state index contributed by atoms with van der Waals surface area (Å²) in [6.07, 6.45) is 3.30. The van der Waals surface area contributed by atoms with Crippen molar-refractivity contribution >= 4 is 15.9 Å². The molecule has 2 aromatic carbocycles. The van der Waals surface area contributed by atoms with Crippen molar-refractivity contribution < 1.29 is 13.2 Å². The van der Waals surface area contributed by atoms with Crippen LogP contribution in [-0.4, -0.2) is 26.9 Å². The van der Waals surface area contributed by atoms with Crippen LogP contribution < -0.4 is 10.0 Å². The smallest absolute Gasteiger partial charge is 0.251 e. The molecule has 1 aliphatic carbocycles. The zero-order chi connectivity index (χ0) is 19.5. The van der Waals surface area contributed by atoms with Gasteiger partial charge in [0.1, 0.15) is 0 Å². The van der Waals surface area contributed by atoms with Crippen molar-refractivity contribution in [3.05, 3.63) is 65.7 Å². The quantitative estimate of drug-likeness (QED) is 0.767. The fourth-order valence-electron chi connectivity index (χ4n) is 3.48. The maximum atomic E-state index is 12.5. The summed E-state index contributed by atoms with van der Waals surface area (Å²) in [5, 5.41) is 3.03. The summed E-state index contributed by atoms with van der Waals surface area (Å²) >= 11 is 0. The molecule has 0 unspecified atom stereocenters. The highest BCUT2D eigenvalue weighted by Crippen LogP contribution is 2.43. The van der Waals surface area contributed by atoms with Crippen molar-refractivity contribution in [3.63, 3.8) is 0 Å². The van der Waals surface area contributed by atoms with Crippen LogP contribution in [0.1, 0.15) is 49.0 Å². The Labute approximate surface area is 161 Å². The molecule has 1 aliphatic rings. The van der Waals surface area contributed by atoms with Gasteiger partial charge >= 0.3 is 0 Å². The molecule has 1 amide bonds. The van der Waals surface area contributed by atoms with Crippen LogP contribution in [0.2, 0.25) is 0 Å². The molecule has 2 N–H and O–H groups in total. The first-order valence-electron chi connectivity index (χ1n) is 9.29. The van der Waals surface area contributed by atoms with Gasteiger partial charge in [-0.3, -0.25) is 4.79 Å². The third-order valence-electron chi connectivity index (χ3n) is 5.10. The zero-order valence-corrected chi connectivity index (χ0v) is 16.6. The van der Waals surface area contributed by atoms with Crippen LogP contribution in [0.25, 0.3) is 0 Å². The molecule has 144 valence electrons. The van der Waals surface area contributed by atoms with Gasteiger partial charge in [-0.1, -0.05) is 36.8 Å². The lowest BCUT2D eigenvalue weighted by Crippen LogP contribution is -2.45. The molecule has 0 radical (unpaired) electrons. The average molecular weight is 387 g/mol. The van der Waals surface area contributed by atoms with E-state index in [9.17, 15) is 13.2 Å². The van der Waals surface area contributed by atoms with Crippen molar-refractivity contribution in [2.24, 2.45) is 0 Å². The molecule has 1 fully saturated rings. The second kappa shape index (κ2) is 7.82. The topological polar surface area (TPSA) is 75.3 Å². The summed E-state index contributed by atoms with van der Waals surface area (Å²) < 4.78 is 26.9. The van der Waals surface area contributed by atoms with Crippen molar-refractivity contribution in [3.8, 4) is 0 Å². The molecule has 6 heteroatoms. The number of benzene rings is 2. The summed E-state index contributed by atoms with van der Waals surface area (Å²) in [5.41, 5.74) is 1.74. The maximum absolute atomic E-state index is 12.5. The van der Waals surface area contributed by atoms with Crippen molar-refractivity contribution in [1.29, 1.82) is 0 Å². The van der Waals surface area contributed by atoms with Gasteiger partial charge in [0.2, 0.25) is 10.0 Å². The summed E-state index contributed by atoms with van der Waals surface area (Å²) in [6.45, 7) is 4.12. The minimum absolute atomic E-state index is 0.0153. The number of nitrogens with one attached hydrogen (secondary N) is 2. The molecule has 3 rings (SSSR count). The van der Waals surface area contributed by atoms with Gasteiger partial charge in [-0.25, -0.2) is 13.1 Å². The summed E-state index contributed by atoms with van der Waals surface area (Å²) in [4.78, 5) is 12.7. The molecule has 0 aromatic heterocycles. The van der Waals surface area contributed by atoms with Gasteiger partial charge in [0.05, 0.1) is 4.90 Å². The van der Waals surface area contributed by atoms with Gasteiger partial charge in [-0.05, 0) is 56.5 Å². The molecule has 0 atom stereocenters. The first-order valence-corrected chi connectivity index (χ1v) is 10.8. The number of amides is 1. The zero-order valence-electron chi connectivity index (χ0n) is 15.7. The standard InChI is InChI=1S/C21H26N2O3S/c1-16(2)23-27(25,26)19-11-9-17(10-12-19)20(24)22-15-21(13-6-14-21)18-7-4-3-5-8-18/h3-5,7-12,16,23H,6,13-15H2,1-2H3,(H,22,24). The predicted octanol–water partition coefficient (Wildman–Crippen LogP) is 3.23. The Hall–Kier alpha value is -2.18. The predicted molar refractivity (Wildman–Crippen MR) is 106 cm³/mol. The Bertz CT molecular complexity index is 887. The second-order valence-corrected chi connectivity index (χ2v) is 9.20. The lowest BCUT2D eigenvalue weighted by atomic mass is 9.64. The van der Waals surface area contributed by atoms with Crippen LogP contribution in [0, 0.1) is 0 Å². The van der Waals surface area contributed by atoms with E-state index in [-0.39, 0.29) is 22.3 Å². The Morgan fingerprint density at radius 3 is 2.19 bits per heavy atom. The lowest BCUT2D eigenvalue weighted by Gasteiger charge is -2.42. The number of carbonyl (C=O) groups is 1. The maximum Gasteiger partial charge on any atom is 0.251 e. The largest absolute Gasteiger partial charge is 0.351 e. The fourth-order valence-corrected chi connectivity index (χ4v) is 4.73. The van der Waals surface area contributed by atoms with Crippen LogP contribution in [0.4, 0.5) is 0 Å². The molecular weight excluding hydrogens is 360 g/mol. The molecule has 0 aliphatic heterocycles. The Balaban J connectivity index is 1.67. The number of sulfonamides is 1. The molecule has 27 heavy (non-hydrogen) atoms. The monoisotopic (exact) mass is 386 g/mol. The first kappa shape index (κ1) is 19.6. The molecule has 0 spiro atoms. The van der Waals surface area contributed by atoms with Crippen LogP contribution >= 0.6 is 0 Å². The molecule has 0 heterocycles.